The number of nitrogens with two attached hydrogens (primary N) is 2. The number of ether oxygens (including phenoxy) is 1. The predicted molar refractivity (Wildman–Crippen MR) is 79.4 cm³/mol. The second-order valence-corrected chi connectivity index (χ2v) is 4.29. The normalized spacial score (nSPS) is 10.2. The number of amides is 1. The maximum atomic E-state index is 12.0. The van der Waals surface area contributed by atoms with Crippen molar-refractivity contribution < 1.29 is 9.53 Å². The van der Waals surface area contributed by atoms with Gasteiger partial charge in [-0.25, -0.2) is 15.8 Å². The van der Waals surface area contributed by atoms with Crippen molar-refractivity contribution in [2.75, 3.05) is 12.3 Å². The molecule has 2 aromatic rings. The zero-order valence-electron chi connectivity index (χ0n) is 11.9. The third kappa shape index (κ3) is 2.92. The Labute approximate surface area is 122 Å². The van der Waals surface area contributed by atoms with Crippen LogP contribution in [-0.4, -0.2) is 22.5 Å². The average Bonchev–Trinajstić information content (AvgIpc) is 2.46. The topological polar surface area (TPSA) is 116 Å². The molecule has 0 atom stereocenters. The van der Waals surface area contributed by atoms with Gasteiger partial charge >= 0.3 is 0 Å². The van der Waals surface area contributed by atoms with E-state index in [9.17, 15) is 4.79 Å². The molecule has 0 bridgehead atoms. The molecule has 0 saturated carbocycles. The van der Waals surface area contributed by atoms with Crippen molar-refractivity contribution in [3.05, 3.63) is 35.5 Å². The fourth-order valence-electron chi connectivity index (χ4n) is 2.08. The fourth-order valence-corrected chi connectivity index (χ4v) is 2.08. The smallest absolute Gasteiger partial charge is 0.269 e. The number of benzene rings is 1. The van der Waals surface area contributed by atoms with Gasteiger partial charge in [0, 0.05) is 5.56 Å². The summed E-state index contributed by atoms with van der Waals surface area (Å²) in [6.45, 7) is 4.05. The number of nitrogens with one attached hydrogen (secondary N) is 1. The molecule has 1 heterocycles. The molecule has 0 spiro atoms. The van der Waals surface area contributed by atoms with Crippen molar-refractivity contribution in [2.24, 2.45) is 5.84 Å². The maximum Gasteiger partial charge on any atom is 0.269 e. The van der Waals surface area contributed by atoms with Crippen molar-refractivity contribution in [3.8, 4) is 17.0 Å². The molecule has 1 amide bonds. The van der Waals surface area contributed by atoms with E-state index in [1.165, 1.54) is 0 Å². The first-order valence-electron chi connectivity index (χ1n) is 6.45. The summed E-state index contributed by atoms with van der Waals surface area (Å²) in [6, 6.07) is 7.28. The Kier molecular flexibility index (Phi) is 4.34. The molecule has 0 aliphatic rings. The number of aryl methyl sites for hydroxylation is 1. The third-order valence-electron chi connectivity index (χ3n) is 2.91. The highest BCUT2D eigenvalue weighted by Gasteiger charge is 2.21. The second kappa shape index (κ2) is 6.19. The molecule has 7 nitrogen and oxygen atoms in total. The van der Waals surface area contributed by atoms with Crippen LogP contribution in [0.1, 0.15) is 23.0 Å². The SMILES string of the molecule is CCOc1ccccc1-c1nc(N)nc(C)c1C(=O)NN. The largest absolute Gasteiger partial charge is 0.493 e. The summed E-state index contributed by atoms with van der Waals surface area (Å²) in [7, 11) is 0. The van der Waals surface area contributed by atoms with Gasteiger partial charge in [-0.3, -0.25) is 10.2 Å². The summed E-state index contributed by atoms with van der Waals surface area (Å²) in [4.78, 5) is 20.2. The van der Waals surface area contributed by atoms with Crippen LogP contribution in [0.3, 0.4) is 0 Å². The van der Waals surface area contributed by atoms with Crippen molar-refractivity contribution in [2.45, 2.75) is 13.8 Å². The molecule has 2 rings (SSSR count). The van der Waals surface area contributed by atoms with E-state index in [4.69, 9.17) is 16.3 Å². The number of hydrogen-bond donors (Lipinski definition) is 3. The summed E-state index contributed by atoms with van der Waals surface area (Å²) in [6.07, 6.45) is 0. The average molecular weight is 287 g/mol. The van der Waals surface area contributed by atoms with E-state index >= 15 is 0 Å². The van der Waals surface area contributed by atoms with Crippen molar-refractivity contribution in [3.63, 3.8) is 0 Å². The van der Waals surface area contributed by atoms with Gasteiger partial charge in [-0.15, -0.1) is 0 Å². The van der Waals surface area contributed by atoms with Crippen LogP contribution in [0.5, 0.6) is 5.75 Å². The van der Waals surface area contributed by atoms with E-state index < -0.39 is 5.91 Å². The van der Waals surface area contributed by atoms with Gasteiger partial charge in [0.2, 0.25) is 5.95 Å². The number of nitrogen functional groups attached to an aromatic ring is 2. The summed E-state index contributed by atoms with van der Waals surface area (Å²) >= 11 is 0. The first-order valence-corrected chi connectivity index (χ1v) is 6.45. The lowest BCUT2D eigenvalue weighted by atomic mass is 10.0. The van der Waals surface area contributed by atoms with Crippen LogP contribution in [0.15, 0.2) is 24.3 Å². The highest BCUT2D eigenvalue weighted by Crippen LogP contribution is 2.32. The highest BCUT2D eigenvalue weighted by molar-refractivity contribution is 6.01. The minimum absolute atomic E-state index is 0.0855. The number of carbonyl (C=O) groups excluding carboxylic acids is 1. The van der Waals surface area contributed by atoms with Gasteiger partial charge < -0.3 is 10.5 Å². The van der Waals surface area contributed by atoms with E-state index in [0.29, 0.717) is 29.3 Å². The van der Waals surface area contributed by atoms with Crippen molar-refractivity contribution in [1.29, 1.82) is 0 Å². The number of nitrogens with zero attached hydrogens (tertiary/aromatic N) is 2. The Morgan fingerprint density at radius 2 is 2.05 bits per heavy atom. The van der Waals surface area contributed by atoms with Gasteiger partial charge in [-0.05, 0) is 26.0 Å². The first kappa shape index (κ1) is 14.7. The summed E-state index contributed by atoms with van der Waals surface area (Å²) in [5.74, 6) is 5.46. The summed E-state index contributed by atoms with van der Waals surface area (Å²) in [5, 5.41) is 0. The lowest BCUT2D eigenvalue weighted by Crippen LogP contribution is -2.31. The summed E-state index contributed by atoms with van der Waals surface area (Å²) < 4.78 is 5.58. The van der Waals surface area contributed by atoms with Gasteiger partial charge in [-0.2, -0.15) is 0 Å². The molecule has 21 heavy (non-hydrogen) atoms. The van der Waals surface area contributed by atoms with Gasteiger partial charge in [0.15, 0.2) is 0 Å². The van der Waals surface area contributed by atoms with Crippen LogP contribution >= 0.6 is 0 Å². The minimum Gasteiger partial charge on any atom is -0.493 e. The van der Waals surface area contributed by atoms with Crippen molar-refractivity contribution >= 4 is 11.9 Å². The van der Waals surface area contributed by atoms with Crippen LogP contribution in [-0.2, 0) is 0 Å². The molecule has 0 aliphatic heterocycles. The number of carbonyl (C=O) groups is 1. The second-order valence-electron chi connectivity index (χ2n) is 4.29. The van der Waals surface area contributed by atoms with Crippen LogP contribution in [0.2, 0.25) is 0 Å². The molecule has 0 fully saturated rings. The predicted octanol–water partition coefficient (Wildman–Crippen LogP) is 1.04. The van der Waals surface area contributed by atoms with Gasteiger partial charge in [0.25, 0.3) is 5.91 Å². The number of aromatic nitrogens is 2. The van der Waals surface area contributed by atoms with Crippen LogP contribution in [0.4, 0.5) is 5.95 Å². The molecule has 0 radical (unpaired) electrons. The lowest BCUT2D eigenvalue weighted by Gasteiger charge is -2.14. The van der Waals surface area contributed by atoms with Crippen LogP contribution < -0.4 is 21.7 Å². The molecule has 0 saturated heterocycles. The fraction of sp³-hybridized carbons (Fsp3) is 0.214. The molecular formula is C14H17N5O2. The molecule has 0 aliphatic carbocycles. The van der Waals surface area contributed by atoms with E-state index in [2.05, 4.69) is 15.4 Å². The van der Waals surface area contributed by atoms with E-state index in [1.54, 1.807) is 19.1 Å². The molecule has 1 aromatic heterocycles. The maximum absolute atomic E-state index is 12.0. The Balaban J connectivity index is 2.71. The Morgan fingerprint density at radius 3 is 2.71 bits per heavy atom. The first-order chi connectivity index (χ1) is 10.1. The van der Waals surface area contributed by atoms with Gasteiger partial charge in [0.05, 0.1) is 23.6 Å². The number of para-hydroxylation sites is 1. The zero-order chi connectivity index (χ0) is 15.4. The number of rotatable bonds is 4. The van der Waals surface area contributed by atoms with Gasteiger partial charge in [-0.1, -0.05) is 12.1 Å². The Morgan fingerprint density at radius 1 is 1.33 bits per heavy atom. The molecule has 0 unspecified atom stereocenters. The number of hydrazine groups is 1. The minimum atomic E-state index is -0.478. The van der Waals surface area contributed by atoms with E-state index in [1.807, 2.05) is 19.1 Å². The quantitative estimate of drug-likeness (QED) is 0.439. The molecular weight excluding hydrogens is 270 g/mol. The number of anilines is 1. The summed E-state index contributed by atoms with van der Waals surface area (Å²) in [5.41, 5.74) is 9.59. The zero-order valence-corrected chi connectivity index (χ0v) is 11.9. The monoisotopic (exact) mass is 287 g/mol. The lowest BCUT2D eigenvalue weighted by molar-refractivity contribution is 0.0953. The molecule has 110 valence electrons. The van der Waals surface area contributed by atoms with Crippen LogP contribution in [0, 0.1) is 6.92 Å². The highest BCUT2D eigenvalue weighted by atomic mass is 16.5. The van der Waals surface area contributed by atoms with Crippen molar-refractivity contribution in [1.82, 2.24) is 15.4 Å². The van der Waals surface area contributed by atoms with Crippen LogP contribution in [0.25, 0.3) is 11.3 Å². The third-order valence-corrected chi connectivity index (χ3v) is 2.91. The Hall–Kier alpha value is -2.67. The van der Waals surface area contributed by atoms with Gasteiger partial charge in [0.1, 0.15) is 5.75 Å². The molecule has 7 heteroatoms. The number of hydrogen-bond acceptors (Lipinski definition) is 6. The van der Waals surface area contributed by atoms with E-state index in [0.717, 1.165) is 0 Å². The van der Waals surface area contributed by atoms with E-state index in [-0.39, 0.29) is 11.5 Å². The standard InChI is InChI=1S/C14H17N5O2/c1-3-21-10-7-5-4-6-9(10)12-11(13(20)19-16)8(2)17-14(15)18-12/h4-7H,3,16H2,1-2H3,(H,19,20)(H2,15,17,18). The molecule has 1 aromatic carbocycles. The Bertz CT molecular complexity index is 672. The molecule has 5 N–H and O–H groups in total.